The molecular weight excluding hydrogens is 167 g/mol. The van der Waals surface area contributed by atoms with Gasteiger partial charge in [-0.25, -0.2) is 9.37 Å². The molecule has 1 N–H and O–H groups in total. The van der Waals surface area contributed by atoms with E-state index in [1.165, 1.54) is 31.5 Å². The third-order valence-electron chi connectivity index (χ3n) is 2.52. The molecular formula is C10H13FN2. The van der Waals surface area contributed by atoms with Gasteiger partial charge in [-0.05, 0) is 30.9 Å². The number of anilines is 1. The molecule has 0 aliphatic heterocycles. The molecule has 1 aromatic rings. The van der Waals surface area contributed by atoms with Gasteiger partial charge in [0.1, 0.15) is 11.6 Å². The lowest BCUT2D eigenvalue weighted by molar-refractivity contribution is 0.333. The van der Waals surface area contributed by atoms with Gasteiger partial charge in [-0.3, -0.25) is 0 Å². The zero-order valence-electron chi connectivity index (χ0n) is 7.46. The van der Waals surface area contributed by atoms with Crippen LogP contribution in [0.4, 0.5) is 10.2 Å². The van der Waals surface area contributed by atoms with Gasteiger partial charge in [0.05, 0.1) is 6.20 Å². The van der Waals surface area contributed by atoms with Crippen molar-refractivity contribution >= 4 is 5.82 Å². The van der Waals surface area contributed by atoms with E-state index in [-0.39, 0.29) is 5.82 Å². The topological polar surface area (TPSA) is 24.9 Å². The van der Waals surface area contributed by atoms with Crippen LogP contribution in [-0.4, -0.2) is 11.5 Å². The summed E-state index contributed by atoms with van der Waals surface area (Å²) in [5.74, 6) is 1.29. The zero-order chi connectivity index (χ0) is 9.10. The Morgan fingerprint density at radius 2 is 2.31 bits per heavy atom. The maximum atomic E-state index is 12.5. The minimum atomic E-state index is -0.283. The molecule has 0 saturated heterocycles. The molecule has 1 aliphatic rings. The van der Waals surface area contributed by atoms with Crippen LogP contribution in [0.25, 0.3) is 0 Å². The maximum Gasteiger partial charge on any atom is 0.141 e. The van der Waals surface area contributed by atoms with Gasteiger partial charge in [-0.1, -0.05) is 6.42 Å². The molecule has 2 rings (SSSR count). The van der Waals surface area contributed by atoms with E-state index in [4.69, 9.17) is 0 Å². The summed E-state index contributed by atoms with van der Waals surface area (Å²) in [6.07, 6.45) is 5.22. The molecule has 0 atom stereocenters. The summed E-state index contributed by atoms with van der Waals surface area (Å²) in [5, 5.41) is 3.20. The SMILES string of the molecule is Fc1ccc(NCC2CCC2)nc1. The van der Waals surface area contributed by atoms with Crippen molar-refractivity contribution in [3.05, 3.63) is 24.1 Å². The molecule has 1 saturated carbocycles. The molecule has 1 aromatic heterocycles. The first-order chi connectivity index (χ1) is 6.34. The van der Waals surface area contributed by atoms with Gasteiger partial charge in [-0.2, -0.15) is 0 Å². The van der Waals surface area contributed by atoms with Crippen LogP contribution < -0.4 is 5.32 Å². The fourth-order valence-electron chi connectivity index (χ4n) is 1.43. The summed E-state index contributed by atoms with van der Waals surface area (Å²) < 4.78 is 12.5. The molecule has 1 fully saturated rings. The van der Waals surface area contributed by atoms with Crippen LogP contribution in [0.3, 0.4) is 0 Å². The second kappa shape index (κ2) is 3.73. The van der Waals surface area contributed by atoms with Crippen molar-refractivity contribution in [3.63, 3.8) is 0 Å². The summed E-state index contributed by atoms with van der Waals surface area (Å²) in [5.41, 5.74) is 0. The first-order valence-electron chi connectivity index (χ1n) is 4.70. The lowest BCUT2D eigenvalue weighted by Gasteiger charge is -2.25. The largest absolute Gasteiger partial charge is 0.370 e. The smallest absolute Gasteiger partial charge is 0.141 e. The first-order valence-corrected chi connectivity index (χ1v) is 4.70. The van der Waals surface area contributed by atoms with E-state index in [1.807, 2.05) is 0 Å². The molecule has 2 nitrogen and oxygen atoms in total. The highest BCUT2D eigenvalue weighted by Gasteiger charge is 2.16. The monoisotopic (exact) mass is 180 g/mol. The van der Waals surface area contributed by atoms with Gasteiger partial charge in [0.15, 0.2) is 0 Å². The molecule has 70 valence electrons. The Balaban J connectivity index is 1.83. The van der Waals surface area contributed by atoms with Crippen molar-refractivity contribution in [2.45, 2.75) is 19.3 Å². The quantitative estimate of drug-likeness (QED) is 0.772. The minimum Gasteiger partial charge on any atom is -0.370 e. The molecule has 0 radical (unpaired) electrons. The highest BCUT2D eigenvalue weighted by Crippen LogP contribution is 2.26. The van der Waals surface area contributed by atoms with Gasteiger partial charge in [0.25, 0.3) is 0 Å². The number of pyridine rings is 1. The highest BCUT2D eigenvalue weighted by atomic mass is 19.1. The zero-order valence-corrected chi connectivity index (χ0v) is 7.46. The number of halogens is 1. The van der Waals surface area contributed by atoms with E-state index < -0.39 is 0 Å². The Morgan fingerprint density at radius 3 is 2.85 bits per heavy atom. The molecule has 0 bridgehead atoms. The van der Waals surface area contributed by atoms with Gasteiger partial charge in [0, 0.05) is 6.54 Å². The Bertz CT molecular complexity index is 267. The molecule has 0 unspecified atom stereocenters. The van der Waals surface area contributed by atoms with Crippen LogP contribution in [0, 0.1) is 11.7 Å². The van der Waals surface area contributed by atoms with Crippen LogP contribution in [0.5, 0.6) is 0 Å². The molecule has 13 heavy (non-hydrogen) atoms. The van der Waals surface area contributed by atoms with Crippen LogP contribution >= 0.6 is 0 Å². The predicted molar refractivity (Wildman–Crippen MR) is 50.0 cm³/mol. The summed E-state index contributed by atoms with van der Waals surface area (Å²) >= 11 is 0. The number of rotatable bonds is 3. The third-order valence-corrected chi connectivity index (χ3v) is 2.52. The Morgan fingerprint density at radius 1 is 1.46 bits per heavy atom. The lowest BCUT2D eigenvalue weighted by atomic mass is 9.85. The Labute approximate surface area is 77.2 Å². The Kier molecular flexibility index (Phi) is 2.43. The van der Waals surface area contributed by atoms with E-state index in [0.29, 0.717) is 0 Å². The van der Waals surface area contributed by atoms with E-state index in [2.05, 4.69) is 10.3 Å². The lowest BCUT2D eigenvalue weighted by Crippen LogP contribution is -2.21. The van der Waals surface area contributed by atoms with Gasteiger partial charge in [0.2, 0.25) is 0 Å². The van der Waals surface area contributed by atoms with Gasteiger partial charge >= 0.3 is 0 Å². The van der Waals surface area contributed by atoms with Crippen LogP contribution in [0.2, 0.25) is 0 Å². The number of nitrogens with zero attached hydrogens (tertiary/aromatic N) is 1. The predicted octanol–water partition coefficient (Wildman–Crippen LogP) is 2.43. The molecule has 0 amide bonds. The standard InChI is InChI=1S/C10H13FN2/c11-9-4-5-10(13-7-9)12-6-8-2-1-3-8/h4-5,7-8H,1-3,6H2,(H,12,13). The van der Waals surface area contributed by atoms with Crippen molar-refractivity contribution in [2.24, 2.45) is 5.92 Å². The molecule has 1 aliphatic carbocycles. The van der Waals surface area contributed by atoms with Crippen molar-refractivity contribution < 1.29 is 4.39 Å². The number of hydrogen-bond acceptors (Lipinski definition) is 2. The van der Waals surface area contributed by atoms with Crippen molar-refractivity contribution in [1.82, 2.24) is 4.98 Å². The molecule has 3 heteroatoms. The summed E-state index contributed by atoms with van der Waals surface area (Å²) in [4.78, 5) is 3.92. The highest BCUT2D eigenvalue weighted by molar-refractivity contribution is 5.33. The summed E-state index contributed by atoms with van der Waals surface area (Å²) in [7, 11) is 0. The fourth-order valence-corrected chi connectivity index (χ4v) is 1.43. The van der Waals surface area contributed by atoms with Crippen LogP contribution in [0.15, 0.2) is 18.3 Å². The van der Waals surface area contributed by atoms with E-state index >= 15 is 0 Å². The van der Waals surface area contributed by atoms with E-state index in [1.54, 1.807) is 6.07 Å². The number of nitrogens with one attached hydrogen (secondary N) is 1. The Hall–Kier alpha value is -1.12. The summed E-state index contributed by atoms with van der Waals surface area (Å²) in [6, 6.07) is 3.10. The van der Waals surface area contributed by atoms with E-state index in [0.717, 1.165) is 18.3 Å². The normalized spacial score (nSPS) is 16.7. The third kappa shape index (κ3) is 2.17. The van der Waals surface area contributed by atoms with Crippen molar-refractivity contribution in [2.75, 3.05) is 11.9 Å². The fraction of sp³-hybridized carbons (Fsp3) is 0.500. The molecule has 0 aromatic carbocycles. The summed E-state index contributed by atoms with van der Waals surface area (Å²) in [6.45, 7) is 0.971. The van der Waals surface area contributed by atoms with Gasteiger partial charge < -0.3 is 5.32 Å². The first kappa shape index (κ1) is 8.48. The van der Waals surface area contributed by atoms with Crippen LogP contribution in [0.1, 0.15) is 19.3 Å². The van der Waals surface area contributed by atoms with Gasteiger partial charge in [-0.15, -0.1) is 0 Å². The molecule has 1 heterocycles. The average Bonchev–Trinajstić information content (AvgIpc) is 2.05. The second-order valence-electron chi connectivity index (χ2n) is 3.54. The van der Waals surface area contributed by atoms with Crippen LogP contribution in [-0.2, 0) is 0 Å². The van der Waals surface area contributed by atoms with E-state index in [9.17, 15) is 4.39 Å². The van der Waals surface area contributed by atoms with Crippen molar-refractivity contribution in [3.8, 4) is 0 Å². The number of aromatic nitrogens is 1. The maximum absolute atomic E-state index is 12.5. The average molecular weight is 180 g/mol. The number of hydrogen-bond donors (Lipinski definition) is 1. The van der Waals surface area contributed by atoms with Crippen molar-refractivity contribution in [1.29, 1.82) is 0 Å². The second-order valence-corrected chi connectivity index (χ2v) is 3.54. The minimum absolute atomic E-state index is 0.283. The molecule has 0 spiro atoms.